The number of carboxylic acids is 1. The summed E-state index contributed by atoms with van der Waals surface area (Å²) in [7, 11) is 0. The van der Waals surface area contributed by atoms with Crippen molar-refractivity contribution < 1.29 is 32.6 Å². The average Bonchev–Trinajstić information content (AvgIpc) is 2.73. The molecular formula is C24H22F3NO4. The lowest BCUT2D eigenvalue weighted by Crippen LogP contribution is -2.49. The van der Waals surface area contributed by atoms with Crippen LogP contribution >= 0.6 is 0 Å². The molecule has 0 heterocycles. The molecule has 3 aromatic rings. The summed E-state index contributed by atoms with van der Waals surface area (Å²) in [5.41, 5.74) is -1.67. The maximum absolute atomic E-state index is 12.9. The quantitative estimate of drug-likeness (QED) is 0.519. The first kappa shape index (κ1) is 23.1. The van der Waals surface area contributed by atoms with Gasteiger partial charge in [0.05, 0.1) is 11.1 Å². The molecule has 0 saturated heterocycles. The number of ether oxygens (including phenoxy) is 1. The van der Waals surface area contributed by atoms with Crippen molar-refractivity contribution in [2.24, 2.45) is 0 Å². The maximum atomic E-state index is 12.9. The molecule has 168 valence electrons. The summed E-state index contributed by atoms with van der Waals surface area (Å²) in [5.74, 6) is -1.63. The predicted octanol–water partition coefficient (Wildman–Crippen LogP) is 5.59. The van der Waals surface area contributed by atoms with Crippen LogP contribution in [0.4, 0.5) is 13.2 Å². The normalized spacial score (nSPS) is 12.9. The Hall–Kier alpha value is -3.55. The van der Waals surface area contributed by atoms with Crippen LogP contribution in [0.15, 0.2) is 60.7 Å². The van der Waals surface area contributed by atoms with Gasteiger partial charge in [0, 0.05) is 5.39 Å². The van der Waals surface area contributed by atoms with E-state index in [-0.39, 0.29) is 11.3 Å². The third kappa shape index (κ3) is 4.85. The lowest BCUT2D eigenvalue weighted by atomic mass is 10.0. The molecule has 0 radical (unpaired) electrons. The molecule has 0 aliphatic carbocycles. The third-order valence-electron chi connectivity index (χ3n) is 5.09. The van der Waals surface area contributed by atoms with Gasteiger partial charge in [-0.1, -0.05) is 42.5 Å². The zero-order valence-corrected chi connectivity index (χ0v) is 17.7. The first-order valence-electron chi connectivity index (χ1n) is 9.81. The highest BCUT2D eigenvalue weighted by Gasteiger charge is 2.32. The minimum atomic E-state index is -4.44. The van der Waals surface area contributed by atoms with Gasteiger partial charge >= 0.3 is 12.1 Å². The minimum Gasteiger partial charge on any atom is -0.485 e. The van der Waals surface area contributed by atoms with Gasteiger partial charge in [0.1, 0.15) is 17.4 Å². The number of alkyl halides is 3. The molecule has 0 aliphatic heterocycles. The number of hydrogen-bond donors (Lipinski definition) is 2. The topological polar surface area (TPSA) is 75.6 Å². The summed E-state index contributed by atoms with van der Waals surface area (Å²) in [6, 6.07) is 15.0. The number of carbonyl (C=O) groups is 2. The van der Waals surface area contributed by atoms with Crippen molar-refractivity contribution in [2.75, 3.05) is 0 Å². The molecule has 0 saturated carbocycles. The summed E-state index contributed by atoms with van der Waals surface area (Å²) in [4.78, 5) is 24.3. The maximum Gasteiger partial charge on any atom is 0.416 e. The fourth-order valence-electron chi connectivity index (χ4n) is 3.14. The molecule has 0 bridgehead atoms. The Balaban J connectivity index is 1.99. The molecule has 1 atom stereocenters. The number of nitrogens with one attached hydrogen (secondary N) is 1. The average molecular weight is 445 g/mol. The first-order chi connectivity index (χ1) is 14.9. The van der Waals surface area contributed by atoms with Crippen LogP contribution in [0.5, 0.6) is 5.75 Å². The summed E-state index contributed by atoms with van der Waals surface area (Å²) < 4.78 is 44.7. The molecule has 32 heavy (non-hydrogen) atoms. The van der Waals surface area contributed by atoms with Crippen LogP contribution in [0.1, 0.15) is 48.4 Å². The summed E-state index contributed by atoms with van der Waals surface area (Å²) in [6.07, 6.45) is -5.12. The second-order valence-electron chi connectivity index (χ2n) is 7.93. The number of hydrogen-bond acceptors (Lipinski definition) is 3. The Bertz CT molecular complexity index is 1150. The lowest BCUT2D eigenvalue weighted by molar-refractivity contribution is -0.143. The van der Waals surface area contributed by atoms with Crippen molar-refractivity contribution in [3.8, 4) is 5.75 Å². The Labute approximate surface area is 182 Å². The smallest absolute Gasteiger partial charge is 0.416 e. The molecule has 1 amide bonds. The van der Waals surface area contributed by atoms with Crippen molar-refractivity contribution in [3.05, 3.63) is 77.4 Å². The second kappa shape index (κ2) is 8.53. The van der Waals surface area contributed by atoms with Crippen LogP contribution < -0.4 is 10.1 Å². The van der Waals surface area contributed by atoms with Crippen LogP contribution in [-0.4, -0.2) is 22.5 Å². The van der Waals surface area contributed by atoms with Crippen LogP contribution in [0.2, 0.25) is 0 Å². The SMILES string of the molecule is C[C@H](Oc1c(C(=O)NC(C)(C)C(=O)O)ccc2ccccc12)c1ccc(C(F)(F)F)cc1. The van der Waals surface area contributed by atoms with Crippen molar-refractivity contribution in [1.82, 2.24) is 5.32 Å². The monoisotopic (exact) mass is 445 g/mol. The van der Waals surface area contributed by atoms with E-state index in [0.29, 0.717) is 10.9 Å². The molecule has 8 heteroatoms. The first-order valence-corrected chi connectivity index (χ1v) is 9.81. The molecule has 0 spiro atoms. The van der Waals surface area contributed by atoms with E-state index in [2.05, 4.69) is 5.32 Å². The van der Waals surface area contributed by atoms with E-state index in [9.17, 15) is 27.9 Å². The van der Waals surface area contributed by atoms with Gasteiger partial charge in [0.2, 0.25) is 0 Å². The number of fused-ring (bicyclic) bond motifs is 1. The molecule has 3 rings (SSSR count). The van der Waals surface area contributed by atoms with Crippen LogP contribution in [0, 0.1) is 0 Å². The van der Waals surface area contributed by atoms with Crippen molar-refractivity contribution in [2.45, 2.75) is 38.6 Å². The van der Waals surface area contributed by atoms with Crippen molar-refractivity contribution >= 4 is 22.6 Å². The Kier molecular flexibility index (Phi) is 6.16. The van der Waals surface area contributed by atoms with Gasteiger partial charge < -0.3 is 15.2 Å². The van der Waals surface area contributed by atoms with Gasteiger partial charge in [0.15, 0.2) is 0 Å². The number of rotatable bonds is 6. The van der Waals surface area contributed by atoms with Crippen LogP contribution in [-0.2, 0) is 11.0 Å². The summed E-state index contributed by atoms with van der Waals surface area (Å²) in [6.45, 7) is 4.38. The molecule has 0 fully saturated rings. The molecular weight excluding hydrogens is 423 g/mol. The fourth-order valence-corrected chi connectivity index (χ4v) is 3.14. The predicted molar refractivity (Wildman–Crippen MR) is 114 cm³/mol. The Morgan fingerprint density at radius 2 is 1.59 bits per heavy atom. The van der Waals surface area contributed by atoms with Gasteiger partial charge in [-0.2, -0.15) is 13.2 Å². The van der Waals surface area contributed by atoms with E-state index in [1.807, 2.05) is 12.1 Å². The highest BCUT2D eigenvalue weighted by atomic mass is 19.4. The van der Waals surface area contributed by atoms with Gasteiger partial charge in [-0.15, -0.1) is 0 Å². The zero-order valence-electron chi connectivity index (χ0n) is 17.7. The largest absolute Gasteiger partial charge is 0.485 e. The number of benzene rings is 3. The number of carbonyl (C=O) groups excluding carboxylic acids is 1. The molecule has 0 unspecified atom stereocenters. The second-order valence-corrected chi connectivity index (χ2v) is 7.93. The van der Waals surface area contributed by atoms with E-state index in [1.54, 1.807) is 25.1 Å². The number of amides is 1. The third-order valence-corrected chi connectivity index (χ3v) is 5.09. The van der Waals surface area contributed by atoms with Gasteiger partial charge in [-0.25, -0.2) is 4.79 Å². The van der Waals surface area contributed by atoms with E-state index in [1.165, 1.54) is 32.0 Å². The van der Waals surface area contributed by atoms with E-state index in [4.69, 9.17) is 4.74 Å². The molecule has 2 N–H and O–H groups in total. The van der Waals surface area contributed by atoms with E-state index >= 15 is 0 Å². The number of aliphatic carboxylic acids is 1. The molecule has 0 aromatic heterocycles. The van der Waals surface area contributed by atoms with E-state index < -0.39 is 35.3 Å². The molecule has 5 nitrogen and oxygen atoms in total. The highest BCUT2D eigenvalue weighted by Crippen LogP contribution is 2.35. The highest BCUT2D eigenvalue weighted by molar-refractivity contribution is 6.05. The number of halogens is 3. The summed E-state index contributed by atoms with van der Waals surface area (Å²) in [5, 5.41) is 13.2. The van der Waals surface area contributed by atoms with Gasteiger partial charge in [-0.05, 0) is 49.9 Å². The Morgan fingerprint density at radius 3 is 2.19 bits per heavy atom. The number of carboxylic acid groups (broad SMARTS) is 1. The van der Waals surface area contributed by atoms with Crippen LogP contribution in [0.3, 0.4) is 0 Å². The van der Waals surface area contributed by atoms with Gasteiger partial charge in [-0.3, -0.25) is 4.79 Å². The fraction of sp³-hybridized carbons (Fsp3) is 0.250. The lowest BCUT2D eigenvalue weighted by Gasteiger charge is -2.24. The van der Waals surface area contributed by atoms with Crippen molar-refractivity contribution in [1.29, 1.82) is 0 Å². The summed E-state index contributed by atoms with van der Waals surface area (Å²) >= 11 is 0. The van der Waals surface area contributed by atoms with Gasteiger partial charge in [0.25, 0.3) is 5.91 Å². The molecule has 3 aromatic carbocycles. The minimum absolute atomic E-state index is 0.122. The Morgan fingerprint density at radius 1 is 0.969 bits per heavy atom. The van der Waals surface area contributed by atoms with E-state index in [0.717, 1.165) is 17.5 Å². The zero-order chi connectivity index (χ0) is 23.7. The van der Waals surface area contributed by atoms with Crippen LogP contribution in [0.25, 0.3) is 10.8 Å². The standard InChI is InChI=1S/C24H22F3NO4/c1-14(15-8-11-17(12-9-15)24(25,26)27)32-20-18-7-5-4-6-16(18)10-13-19(20)21(29)28-23(2,3)22(30)31/h4-14H,1-3H3,(H,28,29)(H,30,31)/t14-/m0/s1. The van der Waals surface area contributed by atoms with Crippen molar-refractivity contribution in [3.63, 3.8) is 0 Å². The molecule has 0 aliphatic rings.